The van der Waals surface area contributed by atoms with Gasteiger partial charge in [0, 0.05) is 12.5 Å². The molecule has 0 spiro atoms. The summed E-state index contributed by atoms with van der Waals surface area (Å²) in [4.78, 5) is 11.3. The fraction of sp³-hybridized carbons (Fsp3) is 0.533. The minimum atomic E-state index is -3.91. The molecule has 0 amide bonds. The Morgan fingerprint density at radius 3 is 2.00 bits per heavy atom. The summed E-state index contributed by atoms with van der Waals surface area (Å²) >= 11 is 0. The number of carboxylic acid groups (broad SMARTS) is 1. The molecule has 1 fully saturated rings. The molecule has 0 radical (unpaired) electrons. The molecule has 0 bridgehead atoms. The van der Waals surface area contributed by atoms with Gasteiger partial charge in [0.25, 0.3) is 0 Å². The summed E-state index contributed by atoms with van der Waals surface area (Å²) in [6.07, 6.45) is 4.66. The van der Waals surface area contributed by atoms with Crippen molar-refractivity contribution in [3.05, 3.63) is 23.8 Å². The van der Waals surface area contributed by atoms with Gasteiger partial charge in [0.1, 0.15) is 0 Å². The van der Waals surface area contributed by atoms with Crippen molar-refractivity contribution in [1.82, 2.24) is 0 Å². The van der Waals surface area contributed by atoms with Crippen LogP contribution in [0.5, 0.6) is 0 Å². The van der Waals surface area contributed by atoms with E-state index in [0.717, 1.165) is 18.9 Å². The molecular weight excluding hydrogens is 340 g/mol. The predicted octanol–water partition coefficient (Wildman–Crippen LogP) is 1.78. The van der Waals surface area contributed by atoms with E-state index in [-0.39, 0.29) is 15.4 Å². The van der Waals surface area contributed by atoms with Gasteiger partial charge in [-0.1, -0.05) is 31.4 Å². The quantitative estimate of drug-likeness (QED) is 0.877. The van der Waals surface area contributed by atoms with Gasteiger partial charge in [0.2, 0.25) is 0 Å². The average molecular weight is 360 g/mol. The zero-order valence-electron chi connectivity index (χ0n) is 13.1. The van der Waals surface area contributed by atoms with Crippen molar-refractivity contribution in [2.45, 2.75) is 47.3 Å². The second-order valence-electron chi connectivity index (χ2n) is 6.13. The monoisotopic (exact) mass is 360 g/mol. The second kappa shape index (κ2) is 5.90. The zero-order valence-corrected chi connectivity index (χ0v) is 14.7. The van der Waals surface area contributed by atoms with E-state index in [1.807, 2.05) is 0 Å². The number of hydrogen-bond donors (Lipinski definition) is 1. The lowest BCUT2D eigenvalue weighted by Gasteiger charge is -2.35. The van der Waals surface area contributed by atoms with E-state index in [2.05, 4.69) is 0 Å². The molecule has 6 nitrogen and oxygen atoms in total. The van der Waals surface area contributed by atoms with Gasteiger partial charge in [0.15, 0.2) is 19.7 Å². The van der Waals surface area contributed by atoms with E-state index in [1.54, 1.807) is 0 Å². The number of hydrogen-bond acceptors (Lipinski definition) is 5. The molecule has 1 aliphatic rings. The van der Waals surface area contributed by atoms with Gasteiger partial charge in [-0.3, -0.25) is 4.79 Å². The van der Waals surface area contributed by atoms with Crippen LogP contribution in [0.2, 0.25) is 0 Å². The number of aliphatic carboxylic acids is 1. The van der Waals surface area contributed by atoms with Crippen LogP contribution in [0.15, 0.2) is 28.0 Å². The Labute approximate surface area is 136 Å². The Kier molecular flexibility index (Phi) is 4.60. The molecule has 1 aromatic carbocycles. The maximum atomic E-state index is 12.3. The van der Waals surface area contributed by atoms with E-state index in [9.17, 15) is 26.7 Å². The highest BCUT2D eigenvalue weighted by Gasteiger charge is 2.45. The lowest BCUT2D eigenvalue weighted by atomic mass is 9.69. The second-order valence-corrected chi connectivity index (χ2v) is 10.1. The third-order valence-corrected chi connectivity index (χ3v) is 6.83. The number of benzene rings is 1. The van der Waals surface area contributed by atoms with Crippen molar-refractivity contribution in [3.8, 4) is 0 Å². The number of carboxylic acids is 1. The van der Waals surface area contributed by atoms with E-state index in [0.29, 0.717) is 25.7 Å². The SMILES string of the molecule is CS(=O)(=O)c1cccc(C2(C(=O)O)CCCCC2)c1S(C)(=O)=O. The first-order valence-corrected chi connectivity index (χ1v) is 11.1. The molecule has 0 atom stereocenters. The Morgan fingerprint density at radius 1 is 1.00 bits per heavy atom. The van der Waals surface area contributed by atoms with Gasteiger partial charge in [-0.15, -0.1) is 0 Å². The molecular formula is C15H20O6S2. The fourth-order valence-corrected chi connectivity index (χ4v) is 6.10. The van der Waals surface area contributed by atoms with Gasteiger partial charge in [-0.05, 0) is 24.5 Å². The smallest absolute Gasteiger partial charge is 0.314 e. The Morgan fingerprint density at radius 2 is 1.57 bits per heavy atom. The van der Waals surface area contributed by atoms with Crippen molar-refractivity contribution < 1.29 is 26.7 Å². The third-order valence-electron chi connectivity index (χ3n) is 4.38. The first-order chi connectivity index (χ1) is 10.5. The summed E-state index contributed by atoms with van der Waals surface area (Å²) in [6, 6.07) is 4.07. The van der Waals surface area contributed by atoms with Crippen molar-refractivity contribution in [3.63, 3.8) is 0 Å². The van der Waals surface area contributed by atoms with Gasteiger partial charge in [-0.2, -0.15) is 0 Å². The number of carbonyl (C=O) groups is 1. The normalized spacial score (nSPS) is 18.5. The Hall–Kier alpha value is -1.41. The van der Waals surface area contributed by atoms with Crippen LogP contribution in [0, 0.1) is 0 Å². The van der Waals surface area contributed by atoms with Gasteiger partial charge in [-0.25, -0.2) is 16.8 Å². The fourth-order valence-electron chi connectivity index (χ4n) is 3.32. The van der Waals surface area contributed by atoms with Crippen molar-refractivity contribution in [1.29, 1.82) is 0 Å². The van der Waals surface area contributed by atoms with Gasteiger partial charge >= 0.3 is 5.97 Å². The highest BCUT2D eigenvalue weighted by atomic mass is 32.2. The molecule has 1 saturated carbocycles. The maximum absolute atomic E-state index is 12.3. The molecule has 8 heteroatoms. The standard InChI is InChI=1S/C15H20O6S2/c1-22(18,19)12-8-6-7-11(13(12)23(2,20)21)15(14(16)17)9-4-3-5-10-15/h6-8H,3-5,9-10H2,1-2H3,(H,16,17). The van der Waals surface area contributed by atoms with Crippen LogP contribution in [0.4, 0.5) is 0 Å². The van der Waals surface area contributed by atoms with E-state index in [4.69, 9.17) is 0 Å². The topological polar surface area (TPSA) is 106 Å². The maximum Gasteiger partial charge on any atom is 0.314 e. The molecule has 0 aliphatic heterocycles. The molecule has 0 saturated heterocycles. The molecule has 1 aliphatic carbocycles. The summed E-state index contributed by atoms with van der Waals surface area (Å²) in [5.74, 6) is -1.10. The van der Waals surface area contributed by atoms with Crippen LogP contribution in [0.3, 0.4) is 0 Å². The minimum absolute atomic E-state index is 0.0927. The molecule has 2 rings (SSSR count). The molecule has 1 N–H and O–H groups in total. The first kappa shape index (κ1) is 17.9. The van der Waals surface area contributed by atoms with Crippen LogP contribution in [0.25, 0.3) is 0 Å². The highest BCUT2D eigenvalue weighted by Crippen LogP contribution is 2.43. The van der Waals surface area contributed by atoms with E-state index in [1.165, 1.54) is 18.2 Å². The highest BCUT2D eigenvalue weighted by molar-refractivity contribution is 7.93. The Bertz CT molecular complexity index is 831. The van der Waals surface area contributed by atoms with Crippen LogP contribution in [-0.4, -0.2) is 40.4 Å². The number of rotatable bonds is 4. The average Bonchev–Trinajstić information content (AvgIpc) is 2.45. The van der Waals surface area contributed by atoms with Crippen LogP contribution in [-0.2, 0) is 29.9 Å². The van der Waals surface area contributed by atoms with Crippen molar-refractivity contribution in [2.75, 3.05) is 12.5 Å². The summed E-state index contributed by atoms with van der Waals surface area (Å²) in [6.45, 7) is 0. The molecule has 128 valence electrons. The molecule has 0 heterocycles. The molecule has 0 unspecified atom stereocenters. The number of sulfone groups is 2. The Balaban J connectivity index is 2.89. The lowest BCUT2D eigenvalue weighted by molar-refractivity contribution is -0.145. The molecule has 23 heavy (non-hydrogen) atoms. The lowest BCUT2D eigenvalue weighted by Crippen LogP contribution is -2.39. The first-order valence-electron chi connectivity index (χ1n) is 7.27. The largest absolute Gasteiger partial charge is 0.481 e. The summed E-state index contributed by atoms with van der Waals surface area (Å²) in [5.41, 5.74) is -1.26. The van der Waals surface area contributed by atoms with E-state index >= 15 is 0 Å². The molecule has 0 aromatic heterocycles. The predicted molar refractivity (Wildman–Crippen MR) is 85.1 cm³/mol. The third kappa shape index (κ3) is 3.28. The summed E-state index contributed by atoms with van der Waals surface area (Å²) in [7, 11) is -7.71. The van der Waals surface area contributed by atoms with Gasteiger partial charge in [0.05, 0.1) is 15.2 Å². The van der Waals surface area contributed by atoms with E-state index < -0.39 is 31.1 Å². The molecule has 1 aromatic rings. The van der Waals surface area contributed by atoms with Crippen LogP contribution < -0.4 is 0 Å². The van der Waals surface area contributed by atoms with Gasteiger partial charge < -0.3 is 5.11 Å². The summed E-state index contributed by atoms with van der Waals surface area (Å²) in [5, 5.41) is 9.78. The zero-order chi connectivity index (χ0) is 17.5. The van der Waals surface area contributed by atoms with Crippen LogP contribution >= 0.6 is 0 Å². The van der Waals surface area contributed by atoms with Crippen molar-refractivity contribution >= 4 is 25.6 Å². The summed E-state index contributed by atoms with van der Waals surface area (Å²) < 4.78 is 48.5. The van der Waals surface area contributed by atoms with Crippen LogP contribution in [0.1, 0.15) is 37.7 Å². The minimum Gasteiger partial charge on any atom is -0.481 e. The van der Waals surface area contributed by atoms with Crippen molar-refractivity contribution in [2.24, 2.45) is 0 Å².